The van der Waals surface area contributed by atoms with Crippen LogP contribution in [0.3, 0.4) is 0 Å². The minimum Gasteiger partial charge on any atom is -0.497 e. The molecule has 0 fully saturated rings. The van der Waals surface area contributed by atoms with Crippen molar-refractivity contribution >= 4 is 11.6 Å². The van der Waals surface area contributed by atoms with Crippen molar-refractivity contribution in [2.24, 2.45) is 10.6 Å². The molecule has 1 amide bonds. The van der Waals surface area contributed by atoms with Gasteiger partial charge in [0.1, 0.15) is 11.6 Å². The molecule has 1 atom stereocenters. The fraction of sp³-hybridized carbons (Fsp3) is 0.417. The molecule has 0 N–H and O–H groups in total. The standard InChI is InChI=1S/C24H29FN2O3/c1-24(2,3)14-23(28)27(15-18-7-5-6-8-21(18)25)16-20-13-22(26-30-20)17-9-11-19(29-4)12-10-17/h5-12,20H,13-16H2,1-4H3. The van der Waals surface area contributed by atoms with Crippen LogP contribution in [0.15, 0.2) is 53.7 Å². The maximum atomic E-state index is 14.2. The van der Waals surface area contributed by atoms with Gasteiger partial charge in [0, 0.05) is 24.9 Å². The van der Waals surface area contributed by atoms with E-state index >= 15 is 0 Å². The van der Waals surface area contributed by atoms with Crippen LogP contribution in [0.1, 0.15) is 44.7 Å². The monoisotopic (exact) mass is 412 g/mol. The van der Waals surface area contributed by atoms with Crippen LogP contribution in [-0.2, 0) is 16.2 Å². The van der Waals surface area contributed by atoms with Gasteiger partial charge in [0.05, 0.1) is 19.4 Å². The Labute approximate surface area is 177 Å². The first-order valence-corrected chi connectivity index (χ1v) is 10.1. The number of nitrogens with zero attached hydrogens (tertiary/aromatic N) is 2. The van der Waals surface area contributed by atoms with E-state index in [-0.39, 0.29) is 29.8 Å². The Morgan fingerprint density at radius 1 is 1.20 bits per heavy atom. The van der Waals surface area contributed by atoms with Gasteiger partial charge in [0.2, 0.25) is 5.91 Å². The third-order valence-electron chi connectivity index (χ3n) is 4.93. The molecule has 6 heteroatoms. The van der Waals surface area contributed by atoms with Gasteiger partial charge in [-0.2, -0.15) is 0 Å². The average molecular weight is 413 g/mol. The Morgan fingerprint density at radius 2 is 1.90 bits per heavy atom. The molecular formula is C24H29FN2O3. The van der Waals surface area contributed by atoms with E-state index in [0.29, 0.717) is 24.9 Å². The molecule has 2 aromatic rings. The molecule has 30 heavy (non-hydrogen) atoms. The smallest absolute Gasteiger partial charge is 0.223 e. The largest absolute Gasteiger partial charge is 0.497 e. The number of amides is 1. The zero-order valence-electron chi connectivity index (χ0n) is 18.0. The minimum absolute atomic E-state index is 0.0211. The van der Waals surface area contributed by atoms with Crippen LogP contribution in [0.25, 0.3) is 0 Å². The highest BCUT2D eigenvalue weighted by Crippen LogP contribution is 2.24. The van der Waals surface area contributed by atoms with E-state index in [2.05, 4.69) is 5.16 Å². The summed E-state index contributed by atoms with van der Waals surface area (Å²) >= 11 is 0. The molecule has 1 aliphatic heterocycles. The number of ether oxygens (including phenoxy) is 1. The van der Waals surface area contributed by atoms with Crippen LogP contribution in [-0.4, -0.2) is 36.3 Å². The van der Waals surface area contributed by atoms with E-state index in [4.69, 9.17) is 9.57 Å². The highest BCUT2D eigenvalue weighted by atomic mass is 19.1. The van der Waals surface area contributed by atoms with Gasteiger partial charge in [-0.15, -0.1) is 0 Å². The Balaban J connectivity index is 1.70. The number of oxime groups is 1. The normalized spacial score (nSPS) is 16.0. The molecule has 5 nitrogen and oxygen atoms in total. The average Bonchev–Trinajstić information content (AvgIpc) is 3.16. The van der Waals surface area contributed by atoms with E-state index in [1.165, 1.54) is 6.07 Å². The zero-order valence-corrected chi connectivity index (χ0v) is 18.0. The number of carbonyl (C=O) groups is 1. The Bertz CT molecular complexity index is 903. The summed E-state index contributed by atoms with van der Waals surface area (Å²) in [6, 6.07) is 14.2. The molecule has 0 saturated carbocycles. The maximum Gasteiger partial charge on any atom is 0.223 e. The summed E-state index contributed by atoms with van der Waals surface area (Å²) in [5.41, 5.74) is 2.12. The highest BCUT2D eigenvalue weighted by Gasteiger charge is 2.29. The topological polar surface area (TPSA) is 51.1 Å². The summed E-state index contributed by atoms with van der Waals surface area (Å²) in [5.74, 6) is 0.444. The fourth-order valence-electron chi connectivity index (χ4n) is 3.38. The van der Waals surface area contributed by atoms with E-state index in [1.807, 2.05) is 45.0 Å². The number of halogens is 1. The SMILES string of the molecule is COc1ccc(C2=NOC(CN(Cc3ccccc3F)C(=O)CC(C)(C)C)C2)cc1. The van der Waals surface area contributed by atoms with Crippen molar-refractivity contribution in [1.29, 1.82) is 0 Å². The van der Waals surface area contributed by atoms with Crippen LogP contribution >= 0.6 is 0 Å². The van der Waals surface area contributed by atoms with Gasteiger partial charge in [0.25, 0.3) is 0 Å². The van der Waals surface area contributed by atoms with E-state index < -0.39 is 0 Å². The molecule has 0 radical (unpaired) electrons. The van der Waals surface area contributed by atoms with Gasteiger partial charge in [0.15, 0.2) is 6.10 Å². The molecule has 1 aliphatic rings. The molecule has 0 saturated heterocycles. The summed E-state index contributed by atoms with van der Waals surface area (Å²) < 4.78 is 19.4. The Kier molecular flexibility index (Phi) is 6.75. The predicted octanol–water partition coefficient (Wildman–Crippen LogP) is 4.79. The molecule has 0 spiro atoms. The minimum atomic E-state index is -0.312. The number of carbonyl (C=O) groups excluding carboxylic acids is 1. The van der Waals surface area contributed by atoms with Gasteiger partial charge in [-0.3, -0.25) is 4.79 Å². The van der Waals surface area contributed by atoms with Crippen LogP contribution in [0.5, 0.6) is 5.75 Å². The van der Waals surface area contributed by atoms with Crippen molar-refractivity contribution in [1.82, 2.24) is 4.90 Å². The van der Waals surface area contributed by atoms with Crippen molar-refractivity contribution < 1.29 is 18.8 Å². The number of hydrogen-bond donors (Lipinski definition) is 0. The Hall–Kier alpha value is -2.89. The molecular weight excluding hydrogens is 383 g/mol. The Morgan fingerprint density at radius 3 is 2.53 bits per heavy atom. The van der Waals surface area contributed by atoms with Gasteiger partial charge < -0.3 is 14.5 Å². The van der Waals surface area contributed by atoms with E-state index in [9.17, 15) is 9.18 Å². The summed E-state index contributed by atoms with van der Waals surface area (Å²) in [4.78, 5) is 20.3. The van der Waals surface area contributed by atoms with Gasteiger partial charge >= 0.3 is 0 Å². The molecule has 3 rings (SSSR count). The molecule has 160 valence electrons. The van der Waals surface area contributed by atoms with Gasteiger partial charge in [-0.25, -0.2) is 4.39 Å². The van der Waals surface area contributed by atoms with Crippen LogP contribution in [0, 0.1) is 11.2 Å². The number of rotatable bonds is 7. The lowest BCUT2D eigenvalue weighted by atomic mass is 9.91. The van der Waals surface area contributed by atoms with Crippen molar-refractivity contribution in [2.45, 2.75) is 46.3 Å². The van der Waals surface area contributed by atoms with Crippen LogP contribution < -0.4 is 4.74 Å². The van der Waals surface area contributed by atoms with Crippen molar-refractivity contribution in [3.05, 3.63) is 65.5 Å². The van der Waals surface area contributed by atoms with Crippen LogP contribution in [0.4, 0.5) is 4.39 Å². The second-order valence-corrected chi connectivity index (χ2v) is 8.80. The third-order valence-corrected chi connectivity index (χ3v) is 4.93. The first-order valence-electron chi connectivity index (χ1n) is 10.1. The second-order valence-electron chi connectivity index (χ2n) is 8.80. The summed E-state index contributed by atoms with van der Waals surface area (Å²) in [6.45, 7) is 6.61. The summed E-state index contributed by atoms with van der Waals surface area (Å²) in [6.07, 6.45) is 0.696. The van der Waals surface area contributed by atoms with Crippen molar-refractivity contribution in [3.63, 3.8) is 0 Å². The molecule has 1 unspecified atom stereocenters. The first-order chi connectivity index (χ1) is 14.2. The number of hydrogen-bond acceptors (Lipinski definition) is 4. The fourth-order valence-corrected chi connectivity index (χ4v) is 3.38. The second kappa shape index (κ2) is 9.28. The van der Waals surface area contributed by atoms with Gasteiger partial charge in [-0.05, 0) is 41.3 Å². The van der Waals surface area contributed by atoms with E-state index in [0.717, 1.165) is 17.0 Å². The number of benzene rings is 2. The zero-order chi connectivity index (χ0) is 21.7. The van der Waals surface area contributed by atoms with Crippen LogP contribution in [0.2, 0.25) is 0 Å². The lowest BCUT2D eigenvalue weighted by molar-refractivity contribution is -0.135. The van der Waals surface area contributed by atoms with Crippen molar-refractivity contribution in [3.8, 4) is 5.75 Å². The highest BCUT2D eigenvalue weighted by molar-refractivity contribution is 6.01. The molecule has 0 aliphatic carbocycles. The molecule has 1 heterocycles. The van der Waals surface area contributed by atoms with E-state index in [1.54, 1.807) is 30.2 Å². The van der Waals surface area contributed by atoms with Gasteiger partial charge in [-0.1, -0.05) is 44.1 Å². The number of methoxy groups -OCH3 is 1. The molecule has 0 aromatic heterocycles. The quantitative estimate of drug-likeness (QED) is 0.657. The maximum absolute atomic E-state index is 14.2. The predicted molar refractivity (Wildman–Crippen MR) is 115 cm³/mol. The molecule has 2 aromatic carbocycles. The first kappa shape index (κ1) is 21.8. The lowest BCUT2D eigenvalue weighted by Crippen LogP contribution is -2.39. The lowest BCUT2D eigenvalue weighted by Gasteiger charge is -2.28. The summed E-state index contributed by atoms with van der Waals surface area (Å²) in [5, 5.41) is 4.22. The van der Waals surface area contributed by atoms with Crippen molar-refractivity contribution in [2.75, 3.05) is 13.7 Å². The third kappa shape index (κ3) is 5.81. The molecule has 0 bridgehead atoms. The summed E-state index contributed by atoms with van der Waals surface area (Å²) in [7, 11) is 1.62.